The maximum absolute atomic E-state index is 12.6. The predicted octanol–water partition coefficient (Wildman–Crippen LogP) is 11.8. The molecule has 0 aliphatic heterocycles. The summed E-state index contributed by atoms with van der Waals surface area (Å²) in [7, 11) is -4.56. The van der Waals surface area contributed by atoms with E-state index in [1.165, 1.54) is 0 Å². The lowest BCUT2D eigenvalue weighted by molar-refractivity contribution is -0.154. The van der Waals surface area contributed by atoms with Gasteiger partial charge in [-0.1, -0.05) is 148 Å². The average Bonchev–Trinajstić information content (AvgIpc) is 3.21. The summed E-state index contributed by atoms with van der Waals surface area (Å²) in [6.07, 6.45) is 58.6. The third-order valence-electron chi connectivity index (χ3n) is 7.85. The highest BCUT2D eigenvalue weighted by Crippen LogP contribution is 2.43. The van der Waals surface area contributed by atoms with E-state index in [-0.39, 0.29) is 13.0 Å². The van der Waals surface area contributed by atoms with Gasteiger partial charge in [0, 0.05) is 6.42 Å². The zero-order valence-corrected chi connectivity index (χ0v) is 36.3. The van der Waals surface area contributed by atoms with Gasteiger partial charge in [-0.05, 0) is 96.3 Å². The monoisotopic (exact) mass is 827 g/mol. The molecule has 3 atom stereocenters. The molecule has 326 valence electrons. The van der Waals surface area contributed by atoms with E-state index in [2.05, 4.69) is 141 Å². The Morgan fingerprint density at radius 3 is 1.33 bits per heavy atom. The first-order valence-electron chi connectivity index (χ1n) is 21.2. The molecule has 0 rings (SSSR count). The number of hydrogen-bond donors (Lipinski definition) is 3. The minimum absolute atomic E-state index is 0.0335. The Labute approximate surface area is 351 Å². The van der Waals surface area contributed by atoms with Crippen molar-refractivity contribution in [3.8, 4) is 0 Å². The highest BCUT2D eigenvalue weighted by molar-refractivity contribution is 7.47. The first kappa shape index (κ1) is 54.6. The first-order chi connectivity index (χ1) is 28.3. The van der Waals surface area contributed by atoms with E-state index in [4.69, 9.17) is 23.6 Å². The van der Waals surface area contributed by atoms with Gasteiger partial charge in [-0.3, -0.25) is 13.8 Å². The maximum Gasteiger partial charge on any atom is 0.472 e. The van der Waals surface area contributed by atoms with Crippen LogP contribution in [-0.4, -0.2) is 66.3 Å². The summed E-state index contributed by atoms with van der Waals surface area (Å²) < 4.78 is 33.2. The molecule has 0 fully saturated rings. The quantitative estimate of drug-likeness (QED) is 0.0241. The number of carbonyl (C=O) groups excluding carboxylic acids is 1. The first-order valence-corrected chi connectivity index (χ1v) is 22.7. The van der Waals surface area contributed by atoms with Gasteiger partial charge in [0.1, 0.15) is 12.2 Å². The van der Waals surface area contributed by atoms with E-state index >= 15 is 0 Å². The second-order valence-corrected chi connectivity index (χ2v) is 14.7. The van der Waals surface area contributed by atoms with Crippen LogP contribution in [0, 0.1) is 0 Å². The average molecular weight is 827 g/mol. The summed E-state index contributed by atoms with van der Waals surface area (Å²) in [5, 5.41) is 18.3. The minimum Gasteiger partial charge on any atom is -0.457 e. The van der Waals surface area contributed by atoms with Gasteiger partial charge in [-0.25, -0.2) is 4.57 Å². The number of hydrogen-bond acceptors (Lipinski definition) is 8. The standard InChI is InChI=1S/C48H75O9P/c1-3-5-7-9-11-13-15-17-19-21-22-23-24-25-26-28-30-32-34-36-38-40-48(51)57-47(45-56-58(52,53)55-43-46(50)42-49)44-54-41-39-37-35-33-31-29-27-20-18-16-14-12-10-8-6-4-2/h5-8,11-14,17-20,22-23,25-26,29-32,35,37,46-47,49-50H,3-4,9-10,15-16,21,24,27-28,33-34,36,38-45H2,1-2H3,(H,52,53)/b7-5-,8-6-,13-11-,14-12-,19-17-,20-18-,23-22-,26-25-,31-29-,32-30-,37-35-. The third-order valence-corrected chi connectivity index (χ3v) is 8.80. The Bertz CT molecular complexity index is 1350. The molecule has 0 aromatic rings. The lowest BCUT2D eigenvalue weighted by Crippen LogP contribution is -2.29. The maximum atomic E-state index is 12.6. The smallest absolute Gasteiger partial charge is 0.457 e. The molecule has 0 aliphatic rings. The SMILES string of the molecule is CC/C=C\C/C=C\C/C=C\C/C=C\C/C=C\C/C=C\CCCCC(=O)OC(COCC/C=C\C/C=C\C/C=C\C/C=C\C/C=C\CC)COP(=O)(O)OCC(O)CO. The normalized spacial score (nSPS) is 15.3. The van der Waals surface area contributed by atoms with Gasteiger partial charge in [0.05, 0.1) is 33.0 Å². The zero-order chi connectivity index (χ0) is 42.5. The molecule has 0 saturated heterocycles. The molecule has 10 heteroatoms. The number of unbranched alkanes of at least 4 members (excludes halogenated alkanes) is 2. The van der Waals surface area contributed by atoms with E-state index in [1.54, 1.807) is 0 Å². The van der Waals surface area contributed by atoms with Crippen LogP contribution in [-0.2, 0) is 27.9 Å². The lowest BCUT2D eigenvalue weighted by atomic mass is 10.2. The molecule has 0 aromatic heterocycles. The van der Waals surface area contributed by atoms with E-state index in [0.717, 1.165) is 83.5 Å². The van der Waals surface area contributed by atoms with Crippen LogP contribution in [0.4, 0.5) is 0 Å². The largest absolute Gasteiger partial charge is 0.472 e. The van der Waals surface area contributed by atoms with Crippen LogP contribution < -0.4 is 0 Å². The van der Waals surface area contributed by atoms with Crippen LogP contribution >= 0.6 is 7.82 Å². The molecule has 3 unspecified atom stereocenters. The van der Waals surface area contributed by atoms with E-state index in [1.807, 2.05) is 6.08 Å². The van der Waals surface area contributed by atoms with E-state index in [9.17, 15) is 19.4 Å². The molecule has 0 heterocycles. The summed E-state index contributed by atoms with van der Waals surface area (Å²) in [6.45, 7) is 2.94. The summed E-state index contributed by atoms with van der Waals surface area (Å²) in [5.41, 5.74) is 0. The number of rotatable bonds is 38. The van der Waals surface area contributed by atoms with Crippen LogP contribution in [0.15, 0.2) is 134 Å². The summed E-state index contributed by atoms with van der Waals surface area (Å²) >= 11 is 0. The topological polar surface area (TPSA) is 132 Å². The van der Waals surface area contributed by atoms with Gasteiger partial charge in [0.25, 0.3) is 0 Å². The fourth-order valence-electron chi connectivity index (χ4n) is 4.71. The van der Waals surface area contributed by atoms with Crippen molar-refractivity contribution in [3.05, 3.63) is 134 Å². The molecule has 0 bridgehead atoms. The number of allylic oxidation sites excluding steroid dienone is 21. The summed E-state index contributed by atoms with van der Waals surface area (Å²) in [4.78, 5) is 22.6. The Hall–Kier alpha value is -3.40. The van der Waals surface area contributed by atoms with Crippen LogP contribution in [0.5, 0.6) is 0 Å². The number of phosphoric ester groups is 1. The molecule has 0 radical (unpaired) electrons. The fourth-order valence-corrected chi connectivity index (χ4v) is 5.50. The minimum atomic E-state index is -4.56. The Balaban J connectivity index is 4.43. The van der Waals surface area contributed by atoms with Gasteiger partial charge >= 0.3 is 13.8 Å². The van der Waals surface area contributed by atoms with Crippen molar-refractivity contribution in [2.24, 2.45) is 0 Å². The molecule has 3 N–H and O–H groups in total. The number of carbonyl (C=O) groups is 1. The van der Waals surface area contributed by atoms with Crippen LogP contribution in [0.2, 0.25) is 0 Å². The van der Waals surface area contributed by atoms with Crippen molar-refractivity contribution in [1.82, 2.24) is 0 Å². The van der Waals surface area contributed by atoms with Crippen molar-refractivity contribution in [2.45, 2.75) is 129 Å². The molecular weight excluding hydrogens is 751 g/mol. The lowest BCUT2D eigenvalue weighted by Gasteiger charge is -2.20. The number of esters is 1. The van der Waals surface area contributed by atoms with Crippen molar-refractivity contribution >= 4 is 13.8 Å². The molecule has 0 amide bonds. The van der Waals surface area contributed by atoms with Crippen molar-refractivity contribution in [3.63, 3.8) is 0 Å². The van der Waals surface area contributed by atoms with Gasteiger partial charge in [-0.2, -0.15) is 0 Å². The molecule has 58 heavy (non-hydrogen) atoms. The number of aliphatic hydroxyl groups excluding tert-OH is 2. The number of aliphatic hydroxyl groups is 2. The third kappa shape index (κ3) is 42.2. The zero-order valence-electron chi connectivity index (χ0n) is 35.4. The fraction of sp³-hybridized carbons (Fsp3) is 0.521. The van der Waals surface area contributed by atoms with E-state index < -0.39 is 45.8 Å². The molecule has 0 saturated carbocycles. The number of phosphoric acid groups is 1. The van der Waals surface area contributed by atoms with Crippen LogP contribution in [0.25, 0.3) is 0 Å². The summed E-state index contributed by atoms with van der Waals surface area (Å²) in [5.74, 6) is -0.456. The predicted molar refractivity (Wildman–Crippen MR) is 241 cm³/mol. The van der Waals surface area contributed by atoms with Crippen LogP contribution in [0.1, 0.15) is 117 Å². The molecule has 0 aromatic carbocycles. The van der Waals surface area contributed by atoms with Gasteiger partial charge in [0.2, 0.25) is 0 Å². The Kier molecular flexibility index (Phi) is 40.7. The second-order valence-electron chi connectivity index (χ2n) is 13.2. The van der Waals surface area contributed by atoms with Gasteiger partial charge < -0.3 is 24.6 Å². The highest BCUT2D eigenvalue weighted by atomic mass is 31.2. The van der Waals surface area contributed by atoms with Gasteiger partial charge in [0.15, 0.2) is 0 Å². The Morgan fingerprint density at radius 1 is 0.534 bits per heavy atom. The van der Waals surface area contributed by atoms with Crippen molar-refractivity contribution in [2.75, 3.05) is 33.0 Å². The Morgan fingerprint density at radius 2 is 0.914 bits per heavy atom. The molecule has 0 spiro atoms. The number of ether oxygens (including phenoxy) is 2. The molecule has 9 nitrogen and oxygen atoms in total. The van der Waals surface area contributed by atoms with E-state index in [0.29, 0.717) is 19.4 Å². The second kappa shape index (κ2) is 43.2. The van der Waals surface area contributed by atoms with Gasteiger partial charge in [-0.15, -0.1) is 0 Å². The summed E-state index contributed by atoms with van der Waals surface area (Å²) in [6, 6.07) is 0. The molecular formula is C48H75O9P. The van der Waals surface area contributed by atoms with Crippen molar-refractivity contribution < 1.29 is 43.0 Å². The molecule has 0 aliphatic carbocycles. The highest BCUT2D eigenvalue weighted by Gasteiger charge is 2.26. The van der Waals surface area contributed by atoms with Crippen LogP contribution in [0.3, 0.4) is 0 Å². The van der Waals surface area contributed by atoms with Crippen molar-refractivity contribution in [1.29, 1.82) is 0 Å².